The summed E-state index contributed by atoms with van der Waals surface area (Å²) < 4.78 is 1.63. The topological polar surface area (TPSA) is 97.6 Å². The number of rotatable bonds is 4. The van der Waals surface area contributed by atoms with Gasteiger partial charge in [-0.3, -0.25) is 4.98 Å². The van der Waals surface area contributed by atoms with Crippen LogP contribution >= 0.6 is 0 Å². The number of anilines is 1. The molecule has 0 saturated heterocycles. The lowest BCUT2D eigenvalue weighted by Crippen LogP contribution is -2.28. The second-order valence-electron chi connectivity index (χ2n) is 5.71. The lowest BCUT2D eigenvalue weighted by molar-refractivity contribution is 0.251. The van der Waals surface area contributed by atoms with E-state index in [4.69, 9.17) is 0 Å². The van der Waals surface area contributed by atoms with Crippen molar-refractivity contribution in [3.63, 3.8) is 0 Å². The first-order valence-corrected chi connectivity index (χ1v) is 7.86. The fraction of sp³-hybridized carbons (Fsp3) is 0.235. The third-order valence-corrected chi connectivity index (χ3v) is 3.85. The van der Waals surface area contributed by atoms with E-state index >= 15 is 0 Å². The van der Waals surface area contributed by atoms with Gasteiger partial charge in [0.15, 0.2) is 5.82 Å². The molecule has 0 aliphatic rings. The number of pyridine rings is 1. The van der Waals surface area contributed by atoms with Crippen LogP contribution in [0.15, 0.2) is 36.5 Å². The van der Waals surface area contributed by atoms with Gasteiger partial charge in [0.1, 0.15) is 0 Å². The Hall–Kier alpha value is -3.29. The molecule has 0 unspecified atom stereocenters. The molecule has 3 aromatic rings. The summed E-state index contributed by atoms with van der Waals surface area (Å²) in [6.45, 7) is 6.11. The molecule has 0 bridgehead atoms. The lowest BCUT2D eigenvalue weighted by atomic mass is 10.2. The van der Waals surface area contributed by atoms with Gasteiger partial charge in [-0.05, 0) is 60.5 Å². The Bertz CT molecular complexity index is 904. The first-order valence-electron chi connectivity index (χ1n) is 7.86. The van der Waals surface area contributed by atoms with Gasteiger partial charge in [0.25, 0.3) is 0 Å². The second-order valence-corrected chi connectivity index (χ2v) is 5.71. The maximum absolute atomic E-state index is 12.1. The van der Waals surface area contributed by atoms with Crippen LogP contribution in [0.1, 0.15) is 22.6 Å². The molecule has 128 valence electrons. The zero-order chi connectivity index (χ0) is 17.8. The Balaban J connectivity index is 1.70. The van der Waals surface area contributed by atoms with E-state index in [1.54, 1.807) is 10.9 Å². The molecular weight excluding hydrogens is 318 g/mol. The molecule has 0 saturated carbocycles. The van der Waals surface area contributed by atoms with Crippen molar-refractivity contribution in [2.45, 2.75) is 27.3 Å². The minimum Gasteiger partial charge on any atom is -0.332 e. The van der Waals surface area contributed by atoms with Gasteiger partial charge in [0.05, 0.1) is 17.9 Å². The second kappa shape index (κ2) is 7.08. The Kier molecular flexibility index (Phi) is 4.69. The highest BCUT2D eigenvalue weighted by atomic mass is 16.2. The summed E-state index contributed by atoms with van der Waals surface area (Å²) in [5, 5.41) is 17.2. The minimum absolute atomic E-state index is 0.298. The van der Waals surface area contributed by atoms with Gasteiger partial charge in [-0.1, -0.05) is 12.1 Å². The highest BCUT2D eigenvalue weighted by molar-refractivity contribution is 5.89. The van der Waals surface area contributed by atoms with Crippen molar-refractivity contribution in [1.29, 1.82) is 0 Å². The number of carbonyl (C=O) groups is 1. The van der Waals surface area contributed by atoms with E-state index in [0.717, 1.165) is 22.5 Å². The standard InChI is InChI=1S/C17H19N7O/c1-11-5-4-8-18-15(11)10-19-17(25)20-14-7-6-12(2)16(9-14)24-13(3)21-22-23-24/h4-9H,10H2,1-3H3,(H2,19,20,25). The number of hydrogen-bond acceptors (Lipinski definition) is 5. The smallest absolute Gasteiger partial charge is 0.319 e. The average Bonchev–Trinajstić information content (AvgIpc) is 3.02. The van der Waals surface area contributed by atoms with E-state index in [1.165, 1.54) is 0 Å². The predicted molar refractivity (Wildman–Crippen MR) is 93.5 cm³/mol. The summed E-state index contributed by atoms with van der Waals surface area (Å²) in [6.07, 6.45) is 1.71. The van der Waals surface area contributed by atoms with Gasteiger partial charge < -0.3 is 10.6 Å². The van der Waals surface area contributed by atoms with E-state index in [-0.39, 0.29) is 6.03 Å². The Labute approximate surface area is 145 Å². The van der Waals surface area contributed by atoms with Crippen molar-refractivity contribution in [2.75, 3.05) is 5.32 Å². The average molecular weight is 337 g/mol. The number of urea groups is 1. The molecule has 0 atom stereocenters. The van der Waals surface area contributed by atoms with Crippen molar-refractivity contribution in [3.05, 3.63) is 59.2 Å². The summed E-state index contributed by atoms with van der Waals surface area (Å²) >= 11 is 0. The number of nitrogens with one attached hydrogen (secondary N) is 2. The summed E-state index contributed by atoms with van der Waals surface area (Å²) in [5.74, 6) is 0.676. The van der Waals surface area contributed by atoms with Crippen LogP contribution in [0.25, 0.3) is 5.69 Å². The number of hydrogen-bond donors (Lipinski definition) is 2. The van der Waals surface area contributed by atoms with Crippen LogP contribution < -0.4 is 10.6 Å². The maximum atomic E-state index is 12.1. The van der Waals surface area contributed by atoms with E-state index < -0.39 is 0 Å². The van der Waals surface area contributed by atoms with E-state index in [0.29, 0.717) is 18.1 Å². The SMILES string of the molecule is Cc1ccc(NC(=O)NCc2ncccc2C)cc1-n1nnnc1C. The molecule has 0 spiro atoms. The minimum atomic E-state index is -0.298. The molecule has 2 aromatic heterocycles. The van der Waals surface area contributed by atoms with Crippen molar-refractivity contribution < 1.29 is 4.79 Å². The maximum Gasteiger partial charge on any atom is 0.319 e. The molecule has 2 N–H and O–H groups in total. The molecule has 25 heavy (non-hydrogen) atoms. The Morgan fingerprint density at radius 3 is 2.72 bits per heavy atom. The fourth-order valence-corrected chi connectivity index (χ4v) is 2.41. The number of amides is 2. The Morgan fingerprint density at radius 1 is 1.16 bits per heavy atom. The molecular formula is C17H19N7O. The lowest BCUT2D eigenvalue weighted by Gasteiger charge is -2.11. The number of aryl methyl sites for hydroxylation is 3. The van der Waals surface area contributed by atoms with Crippen LogP contribution in [0.2, 0.25) is 0 Å². The van der Waals surface area contributed by atoms with Crippen LogP contribution in [-0.2, 0) is 6.54 Å². The van der Waals surface area contributed by atoms with Gasteiger partial charge in [-0.25, -0.2) is 4.79 Å². The molecule has 8 nitrogen and oxygen atoms in total. The van der Waals surface area contributed by atoms with E-state index in [9.17, 15) is 4.79 Å². The van der Waals surface area contributed by atoms with Crippen molar-refractivity contribution in [1.82, 2.24) is 30.5 Å². The van der Waals surface area contributed by atoms with Gasteiger partial charge in [0.2, 0.25) is 0 Å². The van der Waals surface area contributed by atoms with Crippen LogP contribution in [0.4, 0.5) is 10.5 Å². The first kappa shape index (κ1) is 16.6. The molecule has 0 aliphatic heterocycles. The molecule has 2 amide bonds. The van der Waals surface area contributed by atoms with Crippen molar-refractivity contribution in [2.24, 2.45) is 0 Å². The number of carbonyl (C=O) groups excluding carboxylic acids is 1. The molecule has 2 heterocycles. The monoisotopic (exact) mass is 337 g/mol. The molecule has 0 aliphatic carbocycles. The summed E-state index contributed by atoms with van der Waals surface area (Å²) in [5.41, 5.74) is 4.36. The normalized spacial score (nSPS) is 10.5. The summed E-state index contributed by atoms with van der Waals surface area (Å²) in [6, 6.07) is 9.12. The van der Waals surface area contributed by atoms with Gasteiger partial charge in [-0.15, -0.1) is 5.10 Å². The van der Waals surface area contributed by atoms with Crippen molar-refractivity contribution >= 4 is 11.7 Å². The van der Waals surface area contributed by atoms with Crippen LogP contribution in [0, 0.1) is 20.8 Å². The summed E-state index contributed by atoms with van der Waals surface area (Å²) in [7, 11) is 0. The van der Waals surface area contributed by atoms with Crippen molar-refractivity contribution in [3.8, 4) is 5.69 Å². The number of benzene rings is 1. The third kappa shape index (κ3) is 3.79. The molecule has 1 aromatic carbocycles. The zero-order valence-electron chi connectivity index (χ0n) is 14.3. The van der Waals surface area contributed by atoms with Crippen LogP contribution in [-0.4, -0.2) is 31.2 Å². The highest BCUT2D eigenvalue weighted by Crippen LogP contribution is 2.19. The van der Waals surface area contributed by atoms with E-state index in [2.05, 4.69) is 31.1 Å². The molecule has 3 rings (SSSR count). The highest BCUT2D eigenvalue weighted by Gasteiger charge is 2.10. The molecule has 0 fully saturated rings. The van der Waals surface area contributed by atoms with Gasteiger partial charge in [-0.2, -0.15) is 4.68 Å². The van der Waals surface area contributed by atoms with Crippen LogP contribution in [0.3, 0.4) is 0 Å². The molecule has 8 heteroatoms. The number of aromatic nitrogens is 5. The Morgan fingerprint density at radius 2 is 2.00 bits per heavy atom. The fourth-order valence-electron chi connectivity index (χ4n) is 2.41. The molecule has 0 radical (unpaired) electrons. The van der Waals surface area contributed by atoms with Gasteiger partial charge in [0, 0.05) is 11.9 Å². The zero-order valence-corrected chi connectivity index (χ0v) is 14.3. The van der Waals surface area contributed by atoms with Gasteiger partial charge >= 0.3 is 6.03 Å². The largest absolute Gasteiger partial charge is 0.332 e. The number of nitrogens with zero attached hydrogens (tertiary/aromatic N) is 5. The first-order chi connectivity index (χ1) is 12.0. The predicted octanol–water partition coefficient (Wildman–Crippen LogP) is 2.30. The van der Waals surface area contributed by atoms with E-state index in [1.807, 2.05) is 51.1 Å². The van der Waals surface area contributed by atoms with Crippen LogP contribution in [0.5, 0.6) is 0 Å². The number of tetrazole rings is 1. The summed E-state index contributed by atoms with van der Waals surface area (Å²) in [4.78, 5) is 16.4. The third-order valence-electron chi connectivity index (χ3n) is 3.85. The quantitative estimate of drug-likeness (QED) is 0.761.